The summed E-state index contributed by atoms with van der Waals surface area (Å²) in [5.41, 5.74) is 2.29. The molecule has 0 bridgehead atoms. The van der Waals surface area contributed by atoms with Crippen LogP contribution in [0, 0.1) is 11.6 Å². The van der Waals surface area contributed by atoms with Crippen LogP contribution in [0.15, 0.2) is 47.0 Å². The van der Waals surface area contributed by atoms with Gasteiger partial charge in [0.2, 0.25) is 0 Å². The van der Waals surface area contributed by atoms with E-state index in [0.717, 1.165) is 22.7 Å². The minimum absolute atomic E-state index is 0.498. The zero-order chi connectivity index (χ0) is 14.8. The number of fused-ring (bicyclic) bond motifs is 1. The van der Waals surface area contributed by atoms with Gasteiger partial charge in [-0.3, -0.25) is 4.90 Å². The SMILES string of the molecule is CN(Cc1ccc(F)c(F)c1)Cc1noc2ccccc12. The molecule has 1 aromatic heterocycles. The molecule has 0 spiro atoms. The highest BCUT2D eigenvalue weighted by atomic mass is 19.2. The maximum Gasteiger partial charge on any atom is 0.167 e. The topological polar surface area (TPSA) is 29.3 Å². The number of nitrogens with zero attached hydrogens (tertiary/aromatic N) is 2. The van der Waals surface area contributed by atoms with Crippen molar-refractivity contribution in [2.24, 2.45) is 0 Å². The molecule has 0 radical (unpaired) electrons. The van der Waals surface area contributed by atoms with Crippen molar-refractivity contribution < 1.29 is 13.3 Å². The van der Waals surface area contributed by atoms with E-state index in [4.69, 9.17) is 4.52 Å². The lowest BCUT2D eigenvalue weighted by atomic mass is 10.2. The van der Waals surface area contributed by atoms with Crippen molar-refractivity contribution in [2.45, 2.75) is 13.1 Å². The molecule has 0 amide bonds. The van der Waals surface area contributed by atoms with Gasteiger partial charge in [-0.1, -0.05) is 23.4 Å². The Morgan fingerprint density at radius 3 is 2.67 bits per heavy atom. The molecule has 0 saturated heterocycles. The maximum absolute atomic E-state index is 13.2. The molecule has 21 heavy (non-hydrogen) atoms. The van der Waals surface area contributed by atoms with Crippen molar-refractivity contribution in [3.8, 4) is 0 Å². The van der Waals surface area contributed by atoms with Crippen LogP contribution in [0.25, 0.3) is 11.0 Å². The molecule has 1 heterocycles. The number of benzene rings is 2. The summed E-state index contributed by atoms with van der Waals surface area (Å²) in [4.78, 5) is 1.97. The van der Waals surface area contributed by atoms with Crippen LogP contribution in [0.4, 0.5) is 8.78 Å². The Kier molecular flexibility index (Phi) is 3.66. The van der Waals surface area contributed by atoms with Gasteiger partial charge in [0.15, 0.2) is 17.2 Å². The van der Waals surface area contributed by atoms with E-state index in [0.29, 0.717) is 18.7 Å². The van der Waals surface area contributed by atoms with Gasteiger partial charge >= 0.3 is 0 Å². The molecule has 3 nitrogen and oxygen atoms in total. The van der Waals surface area contributed by atoms with Gasteiger partial charge in [0.25, 0.3) is 0 Å². The van der Waals surface area contributed by atoms with Crippen LogP contribution in [0.1, 0.15) is 11.3 Å². The van der Waals surface area contributed by atoms with Gasteiger partial charge in [0, 0.05) is 18.5 Å². The highest BCUT2D eigenvalue weighted by Gasteiger charge is 2.11. The summed E-state index contributed by atoms with van der Waals surface area (Å²) in [6.45, 7) is 1.06. The largest absolute Gasteiger partial charge is 0.356 e. The highest BCUT2D eigenvalue weighted by Crippen LogP contribution is 2.19. The number of halogens is 2. The Hall–Kier alpha value is -2.27. The van der Waals surface area contributed by atoms with E-state index in [1.54, 1.807) is 6.07 Å². The average molecular weight is 288 g/mol. The average Bonchev–Trinajstić information content (AvgIpc) is 2.86. The summed E-state index contributed by atoms with van der Waals surface area (Å²) in [5.74, 6) is -1.66. The first-order chi connectivity index (χ1) is 10.1. The number of rotatable bonds is 4. The van der Waals surface area contributed by atoms with Gasteiger partial charge in [0.1, 0.15) is 5.69 Å². The molecule has 3 rings (SSSR count). The lowest BCUT2D eigenvalue weighted by Gasteiger charge is -2.15. The smallest absolute Gasteiger partial charge is 0.167 e. The third kappa shape index (κ3) is 2.92. The molecule has 0 fully saturated rings. The normalized spacial score (nSPS) is 11.4. The van der Waals surface area contributed by atoms with Crippen LogP contribution < -0.4 is 0 Å². The number of hydrogen-bond acceptors (Lipinski definition) is 3. The Labute approximate surface area is 120 Å². The molecule has 2 aromatic carbocycles. The number of para-hydroxylation sites is 1. The van der Waals surface area contributed by atoms with Crippen LogP contribution in [0.5, 0.6) is 0 Å². The van der Waals surface area contributed by atoms with Crippen molar-refractivity contribution in [3.05, 3.63) is 65.4 Å². The molecule has 0 aliphatic carbocycles. The fourth-order valence-corrected chi connectivity index (χ4v) is 2.31. The van der Waals surface area contributed by atoms with E-state index < -0.39 is 11.6 Å². The van der Waals surface area contributed by atoms with Crippen molar-refractivity contribution in [1.29, 1.82) is 0 Å². The van der Waals surface area contributed by atoms with E-state index in [1.807, 2.05) is 36.2 Å². The van der Waals surface area contributed by atoms with E-state index in [1.165, 1.54) is 6.07 Å². The predicted molar refractivity (Wildman–Crippen MR) is 75.5 cm³/mol. The van der Waals surface area contributed by atoms with E-state index in [9.17, 15) is 8.78 Å². The monoisotopic (exact) mass is 288 g/mol. The molecular weight excluding hydrogens is 274 g/mol. The molecule has 5 heteroatoms. The molecule has 0 aliphatic heterocycles. The highest BCUT2D eigenvalue weighted by molar-refractivity contribution is 5.79. The second-order valence-corrected chi connectivity index (χ2v) is 5.05. The van der Waals surface area contributed by atoms with Crippen LogP contribution in [-0.2, 0) is 13.1 Å². The summed E-state index contributed by atoms with van der Waals surface area (Å²) in [7, 11) is 1.89. The minimum Gasteiger partial charge on any atom is -0.356 e. The van der Waals surface area contributed by atoms with Gasteiger partial charge in [-0.15, -0.1) is 0 Å². The number of aromatic nitrogens is 1. The van der Waals surface area contributed by atoms with E-state index >= 15 is 0 Å². The van der Waals surface area contributed by atoms with Gasteiger partial charge in [-0.2, -0.15) is 0 Å². The maximum atomic E-state index is 13.2. The van der Waals surface area contributed by atoms with Gasteiger partial charge in [-0.25, -0.2) is 8.78 Å². The first kappa shape index (κ1) is 13.7. The Morgan fingerprint density at radius 2 is 1.86 bits per heavy atom. The van der Waals surface area contributed by atoms with Crippen molar-refractivity contribution in [3.63, 3.8) is 0 Å². The molecule has 0 unspecified atom stereocenters. The molecule has 0 aliphatic rings. The predicted octanol–water partition coefficient (Wildman–Crippen LogP) is 3.74. The van der Waals surface area contributed by atoms with Crippen molar-refractivity contribution in [2.75, 3.05) is 7.05 Å². The standard InChI is InChI=1S/C16H14F2N2O/c1-20(9-11-6-7-13(17)14(18)8-11)10-15-12-4-2-3-5-16(12)21-19-15/h2-8H,9-10H2,1H3. The van der Waals surface area contributed by atoms with Crippen molar-refractivity contribution >= 4 is 11.0 Å². The van der Waals surface area contributed by atoms with Crippen molar-refractivity contribution in [1.82, 2.24) is 10.1 Å². The third-order valence-corrected chi connectivity index (χ3v) is 3.31. The Bertz CT molecular complexity index is 770. The second-order valence-electron chi connectivity index (χ2n) is 5.05. The molecule has 0 saturated carbocycles. The molecular formula is C16H14F2N2O. The molecule has 0 atom stereocenters. The second kappa shape index (κ2) is 5.61. The zero-order valence-electron chi connectivity index (χ0n) is 11.5. The summed E-state index contributed by atoms with van der Waals surface area (Å²) in [5, 5.41) is 5.03. The van der Waals surface area contributed by atoms with E-state index in [2.05, 4.69) is 5.16 Å². The fraction of sp³-hybridized carbons (Fsp3) is 0.188. The zero-order valence-corrected chi connectivity index (χ0v) is 11.5. The summed E-state index contributed by atoms with van der Waals surface area (Å²) >= 11 is 0. The third-order valence-electron chi connectivity index (χ3n) is 3.31. The first-order valence-corrected chi connectivity index (χ1v) is 6.59. The number of hydrogen-bond donors (Lipinski definition) is 0. The summed E-state index contributed by atoms with van der Waals surface area (Å²) in [6, 6.07) is 11.6. The van der Waals surface area contributed by atoms with Gasteiger partial charge < -0.3 is 4.52 Å². The van der Waals surface area contributed by atoms with Gasteiger partial charge in [0.05, 0.1) is 0 Å². The lowest BCUT2D eigenvalue weighted by molar-refractivity contribution is 0.305. The molecule has 0 N–H and O–H groups in total. The van der Waals surface area contributed by atoms with Crippen LogP contribution in [0.2, 0.25) is 0 Å². The minimum atomic E-state index is -0.830. The molecule has 3 aromatic rings. The molecule has 108 valence electrons. The van der Waals surface area contributed by atoms with Gasteiger partial charge in [-0.05, 0) is 36.9 Å². The Morgan fingerprint density at radius 1 is 1.05 bits per heavy atom. The lowest BCUT2D eigenvalue weighted by Crippen LogP contribution is -2.17. The summed E-state index contributed by atoms with van der Waals surface area (Å²) in [6.07, 6.45) is 0. The fourth-order valence-electron chi connectivity index (χ4n) is 2.31. The summed E-state index contributed by atoms with van der Waals surface area (Å²) < 4.78 is 31.3. The van der Waals surface area contributed by atoms with Crippen LogP contribution in [-0.4, -0.2) is 17.1 Å². The Balaban J connectivity index is 1.74. The van der Waals surface area contributed by atoms with Crippen LogP contribution >= 0.6 is 0 Å². The van der Waals surface area contributed by atoms with E-state index in [-0.39, 0.29) is 0 Å². The first-order valence-electron chi connectivity index (χ1n) is 6.59. The van der Waals surface area contributed by atoms with Crippen LogP contribution in [0.3, 0.4) is 0 Å². The quantitative estimate of drug-likeness (QED) is 0.732.